The van der Waals surface area contributed by atoms with Gasteiger partial charge in [-0.05, 0) is 37.0 Å². The largest absolute Gasteiger partial charge is 0.493 e. The van der Waals surface area contributed by atoms with Crippen molar-refractivity contribution in [3.05, 3.63) is 41.0 Å². The van der Waals surface area contributed by atoms with Crippen molar-refractivity contribution < 1.29 is 9.26 Å². The molecule has 0 fully saturated rings. The van der Waals surface area contributed by atoms with Crippen LogP contribution in [-0.2, 0) is 19.3 Å². The van der Waals surface area contributed by atoms with E-state index in [-0.39, 0.29) is 0 Å². The molecule has 3 rings (SSSR count). The minimum absolute atomic E-state index is 0.679. The van der Waals surface area contributed by atoms with Crippen LogP contribution in [-0.4, -0.2) is 42.8 Å². The highest BCUT2D eigenvalue weighted by Crippen LogP contribution is 2.25. The smallest absolute Gasteiger partial charge is 0.226 e. The van der Waals surface area contributed by atoms with Crippen LogP contribution in [0.15, 0.2) is 27.7 Å². The first-order valence-electron chi connectivity index (χ1n) is 8.73. The third kappa shape index (κ3) is 4.95. The monoisotopic (exact) mass is 343 g/mol. The number of nitrogens with one attached hydrogen (secondary N) is 2. The van der Waals surface area contributed by atoms with Crippen molar-refractivity contribution >= 4 is 5.96 Å². The van der Waals surface area contributed by atoms with E-state index in [1.165, 1.54) is 11.1 Å². The molecule has 1 aliphatic heterocycles. The van der Waals surface area contributed by atoms with Gasteiger partial charge in [0.15, 0.2) is 11.8 Å². The van der Waals surface area contributed by atoms with Gasteiger partial charge in [-0.1, -0.05) is 17.3 Å². The molecule has 0 aliphatic carbocycles. The summed E-state index contributed by atoms with van der Waals surface area (Å²) in [5, 5.41) is 10.4. The van der Waals surface area contributed by atoms with Gasteiger partial charge in [0.25, 0.3) is 0 Å². The summed E-state index contributed by atoms with van der Waals surface area (Å²) in [6.07, 6.45) is 3.64. The Kier molecular flexibility index (Phi) is 5.87. The fourth-order valence-corrected chi connectivity index (χ4v) is 2.83. The number of aliphatic imine (C=N–C) groups is 1. The van der Waals surface area contributed by atoms with Gasteiger partial charge in [0, 0.05) is 33.0 Å². The van der Waals surface area contributed by atoms with Crippen LogP contribution in [0.3, 0.4) is 0 Å². The Morgan fingerprint density at radius 1 is 1.24 bits per heavy atom. The fourth-order valence-electron chi connectivity index (χ4n) is 2.83. The van der Waals surface area contributed by atoms with Crippen LogP contribution in [0.2, 0.25) is 0 Å². The minimum Gasteiger partial charge on any atom is -0.493 e. The molecule has 7 nitrogen and oxygen atoms in total. The van der Waals surface area contributed by atoms with E-state index in [2.05, 4.69) is 44.0 Å². The molecule has 0 atom stereocenters. The van der Waals surface area contributed by atoms with Gasteiger partial charge >= 0.3 is 0 Å². The quantitative estimate of drug-likeness (QED) is 0.452. The van der Waals surface area contributed by atoms with E-state index in [9.17, 15) is 0 Å². The molecule has 134 valence electrons. The van der Waals surface area contributed by atoms with Crippen LogP contribution in [0.4, 0.5) is 0 Å². The van der Waals surface area contributed by atoms with E-state index in [1.54, 1.807) is 7.05 Å². The average Bonchev–Trinajstić information content (AvgIpc) is 3.25. The highest BCUT2D eigenvalue weighted by atomic mass is 16.5. The molecule has 2 N–H and O–H groups in total. The van der Waals surface area contributed by atoms with Crippen molar-refractivity contribution in [1.82, 2.24) is 20.8 Å². The van der Waals surface area contributed by atoms with E-state index < -0.39 is 0 Å². The van der Waals surface area contributed by atoms with Crippen molar-refractivity contribution in [3.8, 4) is 5.75 Å². The molecule has 0 saturated heterocycles. The van der Waals surface area contributed by atoms with E-state index in [4.69, 9.17) is 9.26 Å². The number of fused-ring (bicyclic) bond motifs is 1. The molecular formula is C18H25N5O2. The molecular weight excluding hydrogens is 318 g/mol. The summed E-state index contributed by atoms with van der Waals surface area (Å²) in [5.74, 6) is 3.21. The maximum atomic E-state index is 5.54. The van der Waals surface area contributed by atoms with Crippen LogP contribution < -0.4 is 15.4 Å². The standard InChI is InChI=1S/C18H25N5O2/c1-13-22-17(25-23-13)4-3-9-20-18(19-2)21-10-7-14-5-6-16-15(12-14)8-11-24-16/h5-6,12H,3-4,7-11H2,1-2H3,(H2,19,20,21). The number of hydrogen-bond acceptors (Lipinski definition) is 5. The molecule has 0 amide bonds. The summed E-state index contributed by atoms with van der Waals surface area (Å²) in [7, 11) is 1.78. The van der Waals surface area contributed by atoms with Gasteiger partial charge in [0.05, 0.1) is 6.61 Å². The van der Waals surface area contributed by atoms with Crippen molar-refractivity contribution in [2.75, 3.05) is 26.7 Å². The molecule has 1 aromatic heterocycles. The van der Waals surface area contributed by atoms with Gasteiger partial charge in [-0.3, -0.25) is 4.99 Å². The molecule has 0 saturated carbocycles. The first-order chi connectivity index (χ1) is 12.2. The molecule has 1 aliphatic rings. The van der Waals surface area contributed by atoms with Crippen LogP contribution in [0.1, 0.15) is 29.3 Å². The summed E-state index contributed by atoms with van der Waals surface area (Å²) in [6.45, 7) is 4.27. The van der Waals surface area contributed by atoms with Crippen molar-refractivity contribution in [2.24, 2.45) is 4.99 Å². The second-order valence-electron chi connectivity index (χ2n) is 6.06. The summed E-state index contributed by atoms with van der Waals surface area (Å²) in [6, 6.07) is 6.45. The topological polar surface area (TPSA) is 84.6 Å². The molecule has 0 unspecified atom stereocenters. The number of benzene rings is 1. The van der Waals surface area contributed by atoms with Gasteiger partial charge in [-0.25, -0.2) is 0 Å². The highest BCUT2D eigenvalue weighted by molar-refractivity contribution is 5.79. The Hall–Kier alpha value is -2.57. The number of ether oxygens (including phenoxy) is 1. The predicted octanol–water partition coefficient (Wildman–Crippen LogP) is 1.65. The lowest BCUT2D eigenvalue weighted by atomic mass is 10.1. The van der Waals surface area contributed by atoms with Gasteiger partial charge in [0.1, 0.15) is 5.75 Å². The van der Waals surface area contributed by atoms with Crippen LogP contribution >= 0.6 is 0 Å². The SMILES string of the molecule is CN=C(NCCCc1nc(C)no1)NCCc1ccc2c(c1)CCO2. The number of aryl methyl sites for hydroxylation is 2. The maximum Gasteiger partial charge on any atom is 0.226 e. The third-order valence-corrected chi connectivity index (χ3v) is 4.11. The molecule has 7 heteroatoms. The molecule has 0 bridgehead atoms. The van der Waals surface area contributed by atoms with Gasteiger partial charge in [-0.15, -0.1) is 0 Å². The number of rotatable bonds is 7. The Morgan fingerprint density at radius 3 is 2.92 bits per heavy atom. The molecule has 0 spiro atoms. The lowest BCUT2D eigenvalue weighted by Crippen LogP contribution is -2.38. The Bertz CT molecular complexity index is 726. The zero-order chi connectivity index (χ0) is 17.5. The molecule has 25 heavy (non-hydrogen) atoms. The van der Waals surface area contributed by atoms with Crippen molar-refractivity contribution in [3.63, 3.8) is 0 Å². The number of guanidine groups is 1. The number of hydrogen-bond donors (Lipinski definition) is 2. The van der Waals surface area contributed by atoms with E-state index in [0.717, 1.165) is 57.1 Å². The Balaban J connectivity index is 1.35. The van der Waals surface area contributed by atoms with Crippen LogP contribution in [0, 0.1) is 6.92 Å². The Labute approximate surface area is 147 Å². The second-order valence-corrected chi connectivity index (χ2v) is 6.06. The molecule has 0 radical (unpaired) electrons. The minimum atomic E-state index is 0.679. The van der Waals surface area contributed by atoms with E-state index >= 15 is 0 Å². The molecule has 1 aromatic carbocycles. The summed E-state index contributed by atoms with van der Waals surface area (Å²) >= 11 is 0. The number of nitrogens with zero attached hydrogens (tertiary/aromatic N) is 3. The predicted molar refractivity (Wildman–Crippen MR) is 96.1 cm³/mol. The Morgan fingerprint density at radius 2 is 2.12 bits per heavy atom. The first-order valence-corrected chi connectivity index (χ1v) is 8.73. The highest BCUT2D eigenvalue weighted by Gasteiger charge is 2.11. The summed E-state index contributed by atoms with van der Waals surface area (Å²) < 4.78 is 10.6. The zero-order valence-electron chi connectivity index (χ0n) is 14.8. The third-order valence-electron chi connectivity index (χ3n) is 4.11. The lowest BCUT2D eigenvalue weighted by Gasteiger charge is -2.11. The van der Waals surface area contributed by atoms with Gasteiger partial charge in [0.2, 0.25) is 5.89 Å². The van der Waals surface area contributed by atoms with Gasteiger partial charge in [-0.2, -0.15) is 4.98 Å². The molecule has 2 aromatic rings. The van der Waals surface area contributed by atoms with Gasteiger partial charge < -0.3 is 19.9 Å². The number of aromatic nitrogens is 2. The lowest BCUT2D eigenvalue weighted by molar-refractivity contribution is 0.357. The fraction of sp³-hybridized carbons (Fsp3) is 0.500. The second kappa shape index (κ2) is 8.50. The van der Waals surface area contributed by atoms with Crippen LogP contribution in [0.5, 0.6) is 5.75 Å². The van der Waals surface area contributed by atoms with Crippen molar-refractivity contribution in [1.29, 1.82) is 0 Å². The normalized spacial score (nSPS) is 13.4. The summed E-state index contributed by atoms with van der Waals surface area (Å²) in [4.78, 5) is 8.44. The van der Waals surface area contributed by atoms with E-state index in [1.807, 2.05) is 6.92 Å². The summed E-state index contributed by atoms with van der Waals surface area (Å²) in [5.41, 5.74) is 2.63. The van der Waals surface area contributed by atoms with E-state index in [0.29, 0.717) is 11.7 Å². The van der Waals surface area contributed by atoms with Crippen LogP contribution in [0.25, 0.3) is 0 Å². The molecule has 2 heterocycles. The van der Waals surface area contributed by atoms with Crippen molar-refractivity contribution in [2.45, 2.75) is 32.6 Å². The maximum absolute atomic E-state index is 5.54. The zero-order valence-corrected chi connectivity index (χ0v) is 14.8. The first kappa shape index (κ1) is 17.3. The average molecular weight is 343 g/mol.